The first-order valence-corrected chi connectivity index (χ1v) is 6.69. The number of rotatable bonds is 5. The second-order valence-electron chi connectivity index (χ2n) is 5.19. The van der Waals surface area contributed by atoms with E-state index < -0.39 is 0 Å². The minimum Gasteiger partial charge on any atom is -0.464 e. The molecule has 1 atom stereocenters. The molecule has 0 aromatic heterocycles. The summed E-state index contributed by atoms with van der Waals surface area (Å²) < 4.78 is 5.43. The maximum Gasteiger partial charge on any atom is 0.326 e. The van der Waals surface area contributed by atoms with Crippen LogP contribution in [-0.2, 0) is 9.53 Å². The highest BCUT2D eigenvalue weighted by atomic mass is 16.5. The quantitative estimate of drug-likeness (QED) is 0.729. The third-order valence-corrected chi connectivity index (χ3v) is 4.22. The fourth-order valence-electron chi connectivity index (χ4n) is 2.66. The van der Waals surface area contributed by atoms with Crippen LogP contribution in [0.25, 0.3) is 0 Å². The van der Waals surface area contributed by atoms with Crippen molar-refractivity contribution in [3.63, 3.8) is 0 Å². The van der Waals surface area contributed by atoms with Crippen LogP contribution < -0.4 is 5.32 Å². The molecule has 1 N–H and O–H groups in total. The lowest BCUT2D eigenvalue weighted by atomic mass is 9.83. The summed E-state index contributed by atoms with van der Waals surface area (Å²) in [7, 11) is 0. The molecule has 92 valence electrons. The van der Waals surface area contributed by atoms with Gasteiger partial charge in [-0.1, -0.05) is 26.2 Å². The molecule has 1 unspecified atom stereocenters. The van der Waals surface area contributed by atoms with Crippen LogP contribution in [0, 0.1) is 5.92 Å². The molecular weight excluding hydrogens is 202 g/mol. The van der Waals surface area contributed by atoms with Crippen molar-refractivity contribution in [2.45, 2.75) is 57.4 Å². The molecule has 16 heavy (non-hydrogen) atoms. The van der Waals surface area contributed by atoms with Crippen LogP contribution >= 0.6 is 0 Å². The Bertz CT molecular complexity index is 242. The maximum absolute atomic E-state index is 12.0. The van der Waals surface area contributed by atoms with Gasteiger partial charge in [0.15, 0.2) is 0 Å². The molecule has 1 saturated heterocycles. The van der Waals surface area contributed by atoms with E-state index in [0.29, 0.717) is 6.61 Å². The number of carbonyl (C=O) groups is 1. The second-order valence-corrected chi connectivity index (χ2v) is 5.19. The Morgan fingerprint density at radius 3 is 2.75 bits per heavy atom. The van der Waals surface area contributed by atoms with Gasteiger partial charge in [-0.3, -0.25) is 4.79 Å². The predicted octanol–water partition coefficient (Wildman–Crippen LogP) is 2.25. The Morgan fingerprint density at radius 2 is 2.25 bits per heavy atom. The van der Waals surface area contributed by atoms with Crippen LogP contribution in [0.4, 0.5) is 0 Å². The van der Waals surface area contributed by atoms with Gasteiger partial charge in [-0.25, -0.2) is 0 Å². The van der Waals surface area contributed by atoms with Gasteiger partial charge in [-0.05, 0) is 38.1 Å². The highest BCUT2D eigenvalue weighted by molar-refractivity contribution is 5.81. The minimum atomic E-state index is -0.361. The minimum absolute atomic E-state index is 0.0215. The van der Waals surface area contributed by atoms with Gasteiger partial charge in [0.2, 0.25) is 0 Å². The Kier molecular flexibility index (Phi) is 3.85. The second kappa shape index (κ2) is 5.17. The van der Waals surface area contributed by atoms with E-state index in [0.717, 1.165) is 38.1 Å². The summed E-state index contributed by atoms with van der Waals surface area (Å²) in [6, 6.07) is 0. The molecule has 3 nitrogen and oxygen atoms in total. The van der Waals surface area contributed by atoms with Gasteiger partial charge in [-0.15, -0.1) is 0 Å². The van der Waals surface area contributed by atoms with Gasteiger partial charge >= 0.3 is 5.97 Å². The van der Waals surface area contributed by atoms with Crippen LogP contribution in [0.2, 0.25) is 0 Å². The third-order valence-electron chi connectivity index (χ3n) is 4.22. The Hall–Kier alpha value is -0.570. The molecule has 1 aliphatic carbocycles. The Balaban J connectivity index is 1.72. The monoisotopic (exact) mass is 225 g/mol. The zero-order valence-electron chi connectivity index (χ0n) is 10.3. The summed E-state index contributed by atoms with van der Waals surface area (Å²) in [5.74, 6) is 0.800. The van der Waals surface area contributed by atoms with Crippen molar-refractivity contribution in [1.82, 2.24) is 5.32 Å². The lowest BCUT2D eigenvalue weighted by Crippen LogP contribution is -2.48. The topological polar surface area (TPSA) is 38.3 Å². The molecule has 1 aliphatic heterocycles. The molecule has 0 bridgehead atoms. The SMILES string of the molecule is CCC1(C(=O)OCCC2CCC2)CCCN1. The highest BCUT2D eigenvalue weighted by Gasteiger charge is 2.40. The van der Waals surface area contributed by atoms with Crippen LogP contribution in [0.1, 0.15) is 51.9 Å². The van der Waals surface area contributed by atoms with Crippen LogP contribution in [-0.4, -0.2) is 24.7 Å². The van der Waals surface area contributed by atoms with E-state index >= 15 is 0 Å². The lowest BCUT2D eigenvalue weighted by Gasteiger charge is -2.28. The van der Waals surface area contributed by atoms with Crippen molar-refractivity contribution in [2.24, 2.45) is 5.92 Å². The molecule has 1 saturated carbocycles. The number of ether oxygens (including phenoxy) is 1. The van der Waals surface area contributed by atoms with Gasteiger partial charge < -0.3 is 10.1 Å². The summed E-state index contributed by atoms with van der Waals surface area (Å²) in [5.41, 5.74) is -0.361. The zero-order chi connectivity index (χ0) is 11.4. The van der Waals surface area contributed by atoms with Crippen molar-refractivity contribution >= 4 is 5.97 Å². The summed E-state index contributed by atoms with van der Waals surface area (Å²) in [4.78, 5) is 12.0. The van der Waals surface area contributed by atoms with Crippen molar-refractivity contribution in [1.29, 1.82) is 0 Å². The van der Waals surface area contributed by atoms with Gasteiger partial charge in [0.05, 0.1) is 6.61 Å². The van der Waals surface area contributed by atoms with Gasteiger partial charge in [0.1, 0.15) is 5.54 Å². The molecule has 2 aliphatic rings. The average Bonchev–Trinajstić information content (AvgIpc) is 2.71. The molecule has 0 spiro atoms. The third kappa shape index (κ3) is 2.40. The maximum atomic E-state index is 12.0. The molecule has 0 amide bonds. The number of esters is 1. The van der Waals surface area contributed by atoms with Crippen LogP contribution in [0.3, 0.4) is 0 Å². The van der Waals surface area contributed by atoms with Crippen molar-refractivity contribution < 1.29 is 9.53 Å². The number of hydrogen-bond acceptors (Lipinski definition) is 3. The Labute approximate surface area is 97.9 Å². The van der Waals surface area contributed by atoms with E-state index in [1.807, 2.05) is 0 Å². The van der Waals surface area contributed by atoms with Crippen LogP contribution in [0.5, 0.6) is 0 Å². The molecular formula is C13H23NO2. The molecule has 0 aromatic rings. The van der Waals surface area contributed by atoms with E-state index in [-0.39, 0.29) is 11.5 Å². The smallest absolute Gasteiger partial charge is 0.326 e. The summed E-state index contributed by atoms with van der Waals surface area (Å²) >= 11 is 0. The molecule has 3 heteroatoms. The largest absolute Gasteiger partial charge is 0.464 e. The first-order chi connectivity index (χ1) is 7.77. The molecule has 1 heterocycles. The first kappa shape index (κ1) is 11.9. The molecule has 2 fully saturated rings. The lowest BCUT2D eigenvalue weighted by molar-refractivity contribution is -0.151. The van der Waals surface area contributed by atoms with E-state index in [2.05, 4.69) is 12.2 Å². The van der Waals surface area contributed by atoms with E-state index in [1.54, 1.807) is 0 Å². The molecule has 2 rings (SSSR count). The number of nitrogens with one attached hydrogen (secondary N) is 1. The first-order valence-electron chi connectivity index (χ1n) is 6.69. The zero-order valence-corrected chi connectivity index (χ0v) is 10.3. The fourth-order valence-corrected chi connectivity index (χ4v) is 2.66. The highest BCUT2D eigenvalue weighted by Crippen LogP contribution is 2.30. The Morgan fingerprint density at radius 1 is 1.44 bits per heavy atom. The van der Waals surface area contributed by atoms with Gasteiger partial charge in [0, 0.05) is 0 Å². The average molecular weight is 225 g/mol. The van der Waals surface area contributed by atoms with Crippen LogP contribution in [0.15, 0.2) is 0 Å². The van der Waals surface area contributed by atoms with E-state index in [9.17, 15) is 4.79 Å². The van der Waals surface area contributed by atoms with Gasteiger partial charge in [-0.2, -0.15) is 0 Å². The molecule has 0 aromatic carbocycles. The standard InChI is InChI=1S/C13H23NO2/c1-2-13(8-4-9-14-13)12(15)16-10-7-11-5-3-6-11/h11,14H,2-10H2,1H3. The van der Waals surface area contributed by atoms with Gasteiger partial charge in [0.25, 0.3) is 0 Å². The number of carbonyl (C=O) groups excluding carboxylic acids is 1. The number of hydrogen-bond donors (Lipinski definition) is 1. The summed E-state index contributed by atoms with van der Waals surface area (Å²) in [5, 5.41) is 3.31. The van der Waals surface area contributed by atoms with Crippen molar-refractivity contribution in [3.05, 3.63) is 0 Å². The van der Waals surface area contributed by atoms with Crippen molar-refractivity contribution in [2.75, 3.05) is 13.2 Å². The normalized spacial score (nSPS) is 30.1. The fraction of sp³-hybridized carbons (Fsp3) is 0.923. The summed E-state index contributed by atoms with van der Waals surface area (Å²) in [6.45, 7) is 3.63. The van der Waals surface area contributed by atoms with Crippen molar-refractivity contribution in [3.8, 4) is 0 Å². The van der Waals surface area contributed by atoms with E-state index in [1.165, 1.54) is 19.3 Å². The van der Waals surface area contributed by atoms with E-state index in [4.69, 9.17) is 4.74 Å². The predicted molar refractivity (Wildman–Crippen MR) is 63.2 cm³/mol. The summed E-state index contributed by atoms with van der Waals surface area (Å²) in [6.07, 6.45) is 7.95. The molecule has 0 radical (unpaired) electrons.